The Morgan fingerprint density at radius 3 is 1.81 bits per heavy atom. The molecule has 0 bridgehead atoms. The Labute approximate surface area is 507 Å². The number of hydrogen-bond donors (Lipinski definition) is 13. The van der Waals surface area contributed by atoms with Crippen molar-refractivity contribution in [3.05, 3.63) is 112 Å². The number of carbonyl (C=O) groups excluding carboxylic acids is 7. The van der Waals surface area contributed by atoms with Gasteiger partial charge in [0.05, 0.1) is 35.9 Å². The second-order valence-electron chi connectivity index (χ2n) is 22.5. The van der Waals surface area contributed by atoms with Crippen LogP contribution in [-0.4, -0.2) is 202 Å². The van der Waals surface area contributed by atoms with Gasteiger partial charge in [-0.3, -0.25) is 43.7 Å². The van der Waals surface area contributed by atoms with Gasteiger partial charge in [0.15, 0.2) is 12.0 Å². The molecule has 3 fully saturated rings. The van der Waals surface area contributed by atoms with Gasteiger partial charge in [0, 0.05) is 50.1 Å². The number of ether oxygens (including phenoxy) is 2. The average Bonchev–Trinajstić information content (AvgIpc) is 4.00. The monoisotopic (exact) mass is 1230 g/mol. The average molecular weight is 1230 g/mol. The molecule has 7 rings (SSSR count). The molecule has 13 N–H and O–H groups in total. The third-order valence-electron chi connectivity index (χ3n) is 15.8. The Balaban J connectivity index is 1.22. The van der Waals surface area contributed by atoms with Crippen LogP contribution in [0, 0.1) is 16.0 Å². The molecule has 3 heterocycles. The molecule has 4 aromatic rings. The number of aliphatic hydroxyl groups is 7. The van der Waals surface area contributed by atoms with Crippen molar-refractivity contribution in [3.8, 4) is 33.8 Å². The van der Waals surface area contributed by atoms with Crippen molar-refractivity contribution in [2.75, 3.05) is 26.3 Å². The lowest BCUT2D eigenvalue weighted by Crippen LogP contribution is -2.64. The Kier molecular flexibility index (Phi) is 23.1. The second-order valence-corrected chi connectivity index (χ2v) is 22.5. The van der Waals surface area contributed by atoms with Crippen LogP contribution in [0.1, 0.15) is 95.2 Å². The fourth-order valence-electron chi connectivity index (χ4n) is 10.8. The lowest BCUT2D eigenvalue weighted by molar-refractivity contribution is -0.386. The van der Waals surface area contributed by atoms with Crippen LogP contribution in [0.2, 0.25) is 0 Å². The molecule has 0 aromatic heterocycles. The molecule has 476 valence electrons. The molecule has 3 aliphatic rings. The minimum absolute atomic E-state index is 0.0232. The van der Waals surface area contributed by atoms with E-state index in [1.807, 2.05) is 48.5 Å². The van der Waals surface area contributed by atoms with Crippen molar-refractivity contribution < 1.29 is 88.8 Å². The molecule has 15 atom stereocenters. The minimum Gasteiger partial charge on any atom is -0.502 e. The van der Waals surface area contributed by atoms with Crippen LogP contribution in [-0.2, 0) is 33.5 Å². The molecular formula is C61H78N8O19. The van der Waals surface area contributed by atoms with Crippen LogP contribution in [0.4, 0.5) is 5.69 Å². The normalized spacial score (nSPS) is 26.4. The maximum Gasteiger partial charge on any atom is 0.311 e. The Bertz CT molecular complexity index is 3110. The van der Waals surface area contributed by atoms with Crippen LogP contribution >= 0.6 is 0 Å². The molecule has 0 aliphatic carbocycles. The van der Waals surface area contributed by atoms with Crippen molar-refractivity contribution in [1.82, 2.24) is 36.4 Å². The fraction of sp³-hybridized carbons (Fsp3) is 0.492. The van der Waals surface area contributed by atoms with E-state index in [1.54, 1.807) is 19.1 Å². The largest absolute Gasteiger partial charge is 0.502 e. The van der Waals surface area contributed by atoms with Gasteiger partial charge in [0.25, 0.3) is 5.91 Å². The number of aliphatic hydroxyl groups excluding tert-OH is 7. The lowest BCUT2D eigenvalue weighted by atomic mass is 9.96. The summed E-state index contributed by atoms with van der Waals surface area (Å²) >= 11 is 0. The molecule has 0 radical (unpaired) electrons. The Morgan fingerprint density at radius 2 is 1.24 bits per heavy atom. The summed E-state index contributed by atoms with van der Waals surface area (Å²) in [5.41, 5.74) is 2.05. The molecule has 3 aliphatic heterocycles. The molecule has 0 spiro atoms. The highest BCUT2D eigenvalue weighted by atomic mass is 16.6. The number of phenols is 1. The highest BCUT2D eigenvalue weighted by molar-refractivity contribution is 6.00. The van der Waals surface area contributed by atoms with Gasteiger partial charge in [-0.2, -0.15) is 0 Å². The van der Waals surface area contributed by atoms with Gasteiger partial charge in [0.2, 0.25) is 35.4 Å². The number of nitrogens with zero attached hydrogens (tertiary/aromatic N) is 3. The third kappa shape index (κ3) is 16.1. The summed E-state index contributed by atoms with van der Waals surface area (Å²) in [4.78, 5) is 114. The van der Waals surface area contributed by atoms with E-state index in [0.717, 1.165) is 77.5 Å². The highest BCUT2D eigenvalue weighted by Gasteiger charge is 2.50. The topological polar surface area (TPSA) is 410 Å². The molecule has 3 saturated heterocycles. The van der Waals surface area contributed by atoms with Gasteiger partial charge in [-0.05, 0) is 84.8 Å². The third-order valence-corrected chi connectivity index (χ3v) is 15.8. The van der Waals surface area contributed by atoms with E-state index < -0.39 is 174 Å². The number of hydrogen-bond acceptors (Lipinski definition) is 19. The summed E-state index contributed by atoms with van der Waals surface area (Å²) in [7, 11) is 0. The van der Waals surface area contributed by atoms with Gasteiger partial charge < -0.3 is 86.7 Å². The highest BCUT2D eigenvalue weighted by Crippen LogP contribution is 2.33. The number of amides is 7. The fourth-order valence-corrected chi connectivity index (χ4v) is 10.8. The number of aromatic hydroxyl groups is 1. The van der Waals surface area contributed by atoms with E-state index in [-0.39, 0.29) is 18.7 Å². The molecule has 0 unspecified atom stereocenters. The number of nitro groups is 1. The number of nitro benzene ring substituents is 1. The first-order valence-corrected chi connectivity index (χ1v) is 29.3. The van der Waals surface area contributed by atoms with Crippen LogP contribution in [0.25, 0.3) is 22.3 Å². The molecule has 27 nitrogen and oxygen atoms in total. The molecule has 0 saturated carbocycles. The lowest BCUT2D eigenvalue weighted by Gasteiger charge is -2.34. The number of unbranched alkanes of at least 4 members (excludes halogenated alkanes) is 2. The quantitative estimate of drug-likeness (QED) is 0.0365. The predicted octanol–water partition coefficient (Wildman–Crippen LogP) is 0.415. The summed E-state index contributed by atoms with van der Waals surface area (Å²) in [6.45, 7) is 6.95. The number of nitrogens with one attached hydrogen (secondary N) is 5. The predicted molar refractivity (Wildman–Crippen MR) is 314 cm³/mol. The zero-order chi connectivity index (χ0) is 64.3. The second kappa shape index (κ2) is 30.2. The number of carbonyl (C=O) groups is 7. The zero-order valence-corrected chi connectivity index (χ0v) is 49.3. The summed E-state index contributed by atoms with van der Waals surface area (Å²) in [5.74, 6) is -9.38. The molecule has 88 heavy (non-hydrogen) atoms. The van der Waals surface area contributed by atoms with Gasteiger partial charge in [-0.25, -0.2) is 0 Å². The van der Waals surface area contributed by atoms with Crippen molar-refractivity contribution in [1.29, 1.82) is 0 Å². The SMILES string of the molecule is CCCCCOc1ccc(-c2ccc(-c3ccc(C(=O)N[C@H]4C[C@@H](O)[C@@H](OCCC)NC(=O)[C@@H]5[C@@H](O)[C@@H](C)CN5C(=O)[C@H]([C@@H](C)O)NC(=O)[C@H]([C@H](O)[C@@H](O)c5ccc(O)c([N+](=O)[O-])c5)NC(=O)[C@@H]5C[C@@H](O)CN5C(=O)[C@H]([C@@H](C)O)NC4=O)cc3)cc2)cc1. The first-order chi connectivity index (χ1) is 41.8. The summed E-state index contributed by atoms with van der Waals surface area (Å²) in [5, 5.41) is 114. The first kappa shape index (κ1) is 67.4. The van der Waals surface area contributed by atoms with E-state index in [0.29, 0.717) is 24.7 Å². The number of fused-ring (bicyclic) bond motifs is 2. The van der Waals surface area contributed by atoms with Crippen LogP contribution in [0.5, 0.6) is 11.5 Å². The molecule has 7 amide bonds. The number of phenolic OH excluding ortho intramolecular Hbond substituents is 1. The smallest absolute Gasteiger partial charge is 0.311 e. The summed E-state index contributed by atoms with van der Waals surface area (Å²) < 4.78 is 11.7. The van der Waals surface area contributed by atoms with E-state index in [4.69, 9.17) is 9.47 Å². The van der Waals surface area contributed by atoms with Gasteiger partial charge >= 0.3 is 5.69 Å². The van der Waals surface area contributed by atoms with E-state index in [2.05, 4.69) is 33.5 Å². The maximum atomic E-state index is 14.7. The van der Waals surface area contributed by atoms with Gasteiger partial charge in [-0.15, -0.1) is 0 Å². The van der Waals surface area contributed by atoms with E-state index >= 15 is 0 Å². The van der Waals surface area contributed by atoms with Crippen LogP contribution in [0.15, 0.2) is 91.0 Å². The Hall–Kier alpha value is -8.15. The number of rotatable bonds is 18. The molecule has 27 heteroatoms. The van der Waals surface area contributed by atoms with Crippen molar-refractivity contribution >= 4 is 47.0 Å². The number of benzene rings is 4. The molecule has 4 aromatic carbocycles. The summed E-state index contributed by atoms with van der Waals surface area (Å²) in [6.07, 6.45) is -13.2. The minimum atomic E-state index is -2.52. The van der Waals surface area contributed by atoms with Crippen LogP contribution in [0.3, 0.4) is 0 Å². The zero-order valence-electron chi connectivity index (χ0n) is 49.3. The standard InChI is InChI=1S/C61H78N8O19/c1-6-8-9-25-87-41-21-18-37(19-22-41)35-12-10-34(11-13-35)36-14-16-38(17-15-36)54(78)62-42-28-46(74)59(88-24-7-2)66-58(82)50-51(75)31(3)29-68(50)61(84)48(33(5)71)64-57(81)49(53(77)52(76)39-20-23-45(73)43(26-39)69(85)86)65-56(80)44-27-40(72)30-67(44)60(83)47(32(4)70)63-55(42)79/h10-23,26,31-33,40,42,44,46-53,59,70-77H,6-9,24-25,27-30H2,1-5H3,(H,62,78)(H,63,79)(H,64,81)(H,65,80)(H,66,82)/t31-,32+,33+,40+,42-,44-,46+,47-,48-,49-,50-,51-,52-,53-,59+/m0/s1. The molecular weight excluding hydrogens is 1150 g/mol. The van der Waals surface area contributed by atoms with Crippen molar-refractivity contribution in [3.63, 3.8) is 0 Å². The first-order valence-electron chi connectivity index (χ1n) is 29.3. The Morgan fingerprint density at radius 1 is 0.682 bits per heavy atom. The van der Waals surface area contributed by atoms with Gasteiger partial charge in [-0.1, -0.05) is 88.2 Å². The van der Waals surface area contributed by atoms with Crippen molar-refractivity contribution in [2.45, 2.75) is 158 Å². The van der Waals surface area contributed by atoms with E-state index in [1.165, 1.54) is 19.1 Å². The maximum absolute atomic E-state index is 14.7. The van der Waals surface area contributed by atoms with Crippen LogP contribution < -0.4 is 31.3 Å². The van der Waals surface area contributed by atoms with Crippen molar-refractivity contribution in [2.24, 2.45) is 5.92 Å². The van der Waals surface area contributed by atoms with E-state index in [9.17, 15) is 84.5 Å². The summed E-state index contributed by atoms with van der Waals surface area (Å²) in [6, 6.07) is 12.3. The van der Waals surface area contributed by atoms with Gasteiger partial charge in [0.1, 0.15) is 60.3 Å².